The third-order valence-corrected chi connectivity index (χ3v) is 3.24. The van der Waals surface area contributed by atoms with Crippen molar-refractivity contribution in [3.05, 3.63) is 82.9 Å². The second-order valence-corrected chi connectivity index (χ2v) is 4.49. The fourth-order valence-electron chi connectivity index (χ4n) is 2.22. The summed E-state index contributed by atoms with van der Waals surface area (Å²) >= 11 is 0. The summed E-state index contributed by atoms with van der Waals surface area (Å²) in [5.74, 6) is -1.10. The Morgan fingerprint density at radius 2 is 1.25 bits per heavy atom. The normalized spacial score (nSPS) is 13.3. The van der Waals surface area contributed by atoms with Crippen molar-refractivity contribution in [2.45, 2.75) is 0 Å². The number of Topliss-reactive ketones (excluding diaryl/α,β-unsaturated/α-hetero) is 2. The Kier molecular flexibility index (Phi) is 2.88. The molecule has 3 rings (SSSR count). The smallest absolute Gasteiger partial charge is 0.197 e. The SMILES string of the molecule is O=C(C=C1C(=O)c2ccccc2C1=O)c1ccccc1. The van der Waals surface area contributed by atoms with Crippen LogP contribution >= 0.6 is 0 Å². The fourth-order valence-corrected chi connectivity index (χ4v) is 2.22. The Morgan fingerprint density at radius 3 is 1.80 bits per heavy atom. The molecule has 0 N–H and O–H groups in total. The highest BCUT2D eigenvalue weighted by Crippen LogP contribution is 2.26. The van der Waals surface area contributed by atoms with Gasteiger partial charge in [0.05, 0.1) is 5.57 Å². The molecule has 0 amide bonds. The first kappa shape index (κ1) is 12.2. The lowest BCUT2D eigenvalue weighted by Crippen LogP contribution is -2.05. The van der Waals surface area contributed by atoms with Gasteiger partial charge in [0.2, 0.25) is 0 Å². The number of ketones is 3. The first-order chi connectivity index (χ1) is 9.68. The van der Waals surface area contributed by atoms with E-state index in [2.05, 4.69) is 0 Å². The van der Waals surface area contributed by atoms with Gasteiger partial charge in [-0.3, -0.25) is 14.4 Å². The van der Waals surface area contributed by atoms with Crippen molar-refractivity contribution in [1.29, 1.82) is 0 Å². The Bertz CT molecular complexity index is 718. The van der Waals surface area contributed by atoms with E-state index in [-0.39, 0.29) is 22.9 Å². The molecule has 1 aliphatic carbocycles. The van der Waals surface area contributed by atoms with E-state index in [1.54, 1.807) is 54.6 Å². The van der Waals surface area contributed by atoms with Crippen LogP contribution in [0.1, 0.15) is 31.1 Å². The van der Waals surface area contributed by atoms with E-state index in [0.29, 0.717) is 16.7 Å². The Hall–Kier alpha value is -2.81. The Balaban J connectivity index is 2.01. The quantitative estimate of drug-likeness (QED) is 0.475. The van der Waals surface area contributed by atoms with Crippen LogP contribution in [0.5, 0.6) is 0 Å². The van der Waals surface area contributed by atoms with Crippen molar-refractivity contribution in [3.63, 3.8) is 0 Å². The van der Waals surface area contributed by atoms with Gasteiger partial charge in [-0.2, -0.15) is 0 Å². The van der Waals surface area contributed by atoms with E-state index >= 15 is 0 Å². The number of carbonyl (C=O) groups is 3. The molecule has 0 saturated heterocycles. The van der Waals surface area contributed by atoms with Gasteiger partial charge in [0.25, 0.3) is 0 Å². The molecule has 20 heavy (non-hydrogen) atoms. The number of allylic oxidation sites excluding steroid dienone is 2. The molecule has 0 atom stereocenters. The lowest BCUT2D eigenvalue weighted by molar-refractivity contribution is 0.0971. The van der Waals surface area contributed by atoms with Crippen LogP contribution in [0, 0.1) is 0 Å². The van der Waals surface area contributed by atoms with Crippen LogP contribution in [0.25, 0.3) is 0 Å². The summed E-state index contributed by atoms with van der Waals surface area (Å²) < 4.78 is 0. The summed E-state index contributed by atoms with van der Waals surface area (Å²) in [5.41, 5.74) is 1.13. The summed E-state index contributed by atoms with van der Waals surface area (Å²) in [7, 11) is 0. The second kappa shape index (κ2) is 4.70. The van der Waals surface area contributed by atoms with Crippen molar-refractivity contribution in [1.82, 2.24) is 0 Å². The standard InChI is InChI=1S/C17H10O3/c18-15(11-6-2-1-3-7-11)10-14-16(19)12-8-4-5-9-13(12)17(14)20/h1-10H. The molecule has 0 spiro atoms. The first-order valence-electron chi connectivity index (χ1n) is 6.18. The number of benzene rings is 2. The molecular weight excluding hydrogens is 252 g/mol. The molecule has 0 radical (unpaired) electrons. The van der Waals surface area contributed by atoms with E-state index in [4.69, 9.17) is 0 Å². The number of hydrogen-bond acceptors (Lipinski definition) is 3. The van der Waals surface area contributed by atoms with E-state index < -0.39 is 0 Å². The molecule has 3 heteroatoms. The lowest BCUT2D eigenvalue weighted by Gasteiger charge is -1.96. The number of rotatable bonds is 2. The van der Waals surface area contributed by atoms with E-state index in [1.165, 1.54) is 0 Å². The summed E-state index contributed by atoms with van der Waals surface area (Å²) in [6.07, 6.45) is 1.14. The molecule has 96 valence electrons. The van der Waals surface area contributed by atoms with E-state index in [0.717, 1.165) is 6.08 Å². The average molecular weight is 262 g/mol. The maximum Gasteiger partial charge on any atom is 0.197 e. The Labute approximate surface area is 115 Å². The van der Waals surface area contributed by atoms with Crippen molar-refractivity contribution >= 4 is 17.3 Å². The predicted octanol–water partition coefficient (Wildman–Crippen LogP) is 2.87. The summed E-state index contributed by atoms with van der Waals surface area (Å²) in [4.78, 5) is 36.3. The fraction of sp³-hybridized carbons (Fsp3) is 0. The number of hydrogen-bond donors (Lipinski definition) is 0. The molecule has 0 fully saturated rings. The number of carbonyl (C=O) groups excluding carboxylic acids is 3. The zero-order valence-electron chi connectivity index (χ0n) is 10.5. The molecule has 0 heterocycles. The van der Waals surface area contributed by atoms with Crippen LogP contribution in [-0.4, -0.2) is 17.3 Å². The molecule has 0 unspecified atom stereocenters. The highest BCUT2D eigenvalue weighted by atomic mass is 16.2. The van der Waals surface area contributed by atoms with Gasteiger partial charge in [0.1, 0.15) is 0 Å². The highest BCUT2D eigenvalue weighted by Gasteiger charge is 2.33. The van der Waals surface area contributed by atoms with Crippen LogP contribution in [0.4, 0.5) is 0 Å². The van der Waals surface area contributed by atoms with Gasteiger partial charge in [-0.1, -0.05) is 54.6 Å². The van der Waals surface area contributed by atoms with Crippen molar-refractivity contribution in [2.24, 2.45) is 0 Å². The van der Waals surface area contributed by atoms with Crippen LogP contribution in [0.15, 0.2) is 66.2 Å². The first-order valence-corrected chi connectivity index (χ1v) is 6.18. The average Bonchev–Trinajstić information content (AvgIpc) is 2.74. The summed E-state index contributed by atoms with van der Waals surface area (Å²) in [6.45, 7) is 0. The van der Waals surface area contributed by atoms with E-state index in [9.17, 15) is 14.4 Å². The third kappa shape index (κ3) is 1.89. The monoisotopic (exact) mass is 262 g/mol. The van der Waals surface area contributed by atoms with Gasteiger partial charge in [-0.25, -0.2) is 0 Å². The third-order valence-electron chi connectivity index (χ3n) is 3.24. The molecule has 0 bridgehead atoms. The molecule has 1 aliphatic rings. The second-order valence-electron chi connectivity index (χ2n) is 4.49. The molecule has 3 nitrogen and oxygen atoms in total. The van der Waals surface area contributed by atoms with Gasteiger partial charge >= 0.3 is 0 Å². The molecule has 2 aromatic rings. The van der Waals surface area contributed by atoms with Gasteiger partial charge in [-0.15, -0.1) is 0 Å². The van der Waals surface area contributed by atoms with Crippen LogP contribution in [-0.2, 0) is 0 Å². The van der Waals surface area contributed by atoms with E-state index in [1.807, 2.05) is 0 Å². The van der Waals surface area contributed by atoms with Crippen LogP contribution in [0.2, 0.25) is 0 Å². The maximum atomic E-state index is 12.1. The summed E-state index contributed by atoms with van der Waals surface area (Å²) in [6, 6.07) is 15.2. The summed E-state index contributed by atoms with van der Waals surface area (Å²) in [5, 5.41) is 0. The Morgan fingerprint density at radius 1 is 0.750 bits per heavy atom. The van der Waals surface area contributed by atoms with Gasteiger partial charge < -0.3 is 0 Å². The highest BCUT2D eigenvalue weighted by molar-refractivity contribution is 6.41. The molecule has 0 aromatic heterocycles. The van der Waals surface area contributed by atoms with Crippen molar-refractivity contribution in [3.8, 4) is 0 Å². The largest absolute Gasteiger partial charge is 0.289 e. The minimum atomic E-state index is -0.380. The zero-order valence-corrected chi connectivity index (χ0v) is 10.5. The molecule has 0 saturated carbocycles. The van der Waals surface area contributed by atoms with Crippen LogP contribution in [0.3, 0.4) is 0 Å². The van der Waals surface area contributed by atoms with Gasteiger partial charge in [-0.05, 0) is 0 Å². The minimum Gasteiger partial charge on any atom is -0.289 e. The predicted molar refractivity (Wildman–Crippen MR) is 74.0 cm³/mol. The molecule has 0 aliphatic heterocycles. The zero-order chi connectivity index (χ0) is 14.1. The number of fused-ring (bicyclic) bond motifs is 1. The van der Waals surface area contributed by atoms with Gasteiger partial charge in [0.15, 0.2) is 17.3 Å². The maximum absolute atomic E-state index is 12.1. The van der Waals surface area contributed by atoms with Crippen molar-refractivity contribution in [2.75, 3.05) is 0 Å². The topological polar surface area (TPSA) is 51.2 Å². The van der Waals surface area contributed by atoms with Crippen molar-refractivity contribution < 1.29 is 14.4 Å². The molecular formula is C17H10O3. The minimum absolute atomic E-state index is 0.0555. The lowest BCUT2D eigenvalue weighted by atomic mass is 10.1. The molecule has 2 aromatic carbocycles. The van der Waals surface area contributed by atoms with Gasteiger partial charge in [0, 0.05) is 22.8 Å². The van der Waals surface area contributed by atoms with Crippen LogP contribution < -0.4 is 0 Å².